The fraction of sp³-hybridized carbons (Fsp3) is 0.357. The first-order valence-corrected chi connectivity index (χ1v) is 9.10. The molecule has 6 nitrogen and oxygen atoms in total. The fourth-order valence-electron chi connectivity index (χ4n) is 2.20. The van der Waals surface area contributed by atoms with Crippen molar-refractivity contribution in [1.82, 2.24) is 14.3 Å². The van der Waals surface area contributed by atoms with Crippen LogP contribution < -0.4 is 9.46 Å². The number of rotatable bonds is 6. The van der Waals surface area contributed by atoms with Crippen LogP contribution in [-0.2, 0) is 16.6 Å². The second-order valence-corrected chi connectivity index (χ2v) is 7.36. The molecule has 1 aromatic carbocycles. The summed E-state index contributed by atoms with van der Waals surface area (Å²) in [6.07, 6.45) is 1.59. The maximum absolute atomic E-state index is 12.5. The van der Waals surface area contributed by atoms with Crippen LogP contribution in [0, 0.1) is 0 Å². The number of ether oxygens (including phenoxy) is 1. The Morgan fingerprint density at radius 2 is 2.04 bits per heavy atom. The third-order valence-corrected chi connectivity index (χ3v) is 5.60. The molecule has 1 N–H and O–H groups in total. The summed E-state index contributed by atoms with van der Waals surface area (Å²) in [7, 11) is -2.23. The van der Waals surface area contributed by atoms with Gasteiger partial charge in [0, 0.05) is 6.54 Å². The number of benzene rings is 1. The standard InChI is InChI=1S/C14H17Cl2N3O3S/c1-4-19-13(8-17-14(19)22-3)9(2)18-23(20,21)10-5-6-11(15)12(16)7-10/h5-9,18H,4H2,1-3H3. The molecule has 0 aliphatic carbocycles. The molecule has 0 fully saturated rings. The van der Waals surface area contributed by atoms with Crippen LogP contribution >= 0.6 is 23.2 Å². The van der Waals surface area contributed by atoms with Crippen LogP contribution in [0.15, 0.2) is 29.3 Å². The molecule has 2 rings (SSSR count). The summed E-state index contributed by atoms with van der Waals surface area (Å²) in [6, 6.07) is 4.11. The maximum atomic E-state index is 12.5. The Morgan fingerprint density at radius 1 is 1.35 bits per heavy atom. The Morgan fingerprint density at radius 3 is 2.61 bits per heavy atom. The molecule has 9 heteroatoms. The van der Waals surface area contributed by atoms with Crippen molar-refractivity contribution < 1.29 is 13.2 Å². The number of methoxy groups -OCH3 is 1. The van der Waals surface area contributed by atoms with Gasteiger partial charge in [-0.15, -0.1) is 0 Å². The second kappa shape index (κ2) is 7.09. The molecule has 0 aliphatic rings. The van der Waals surface area contributed by atoms with Crippen LogP contribution in [0.4, 0.5) is 0 Å². The summed E-state index contributed by atoms with van der Waals surface area (Å²) in [5.74, 6) is 0. The predicted molar refractivity (Wildman–Crippen MR) is 89.7 cm³/mol. The molecule has 23 heavy (non-hydrogen) atoms. The highest BCUT2D eigenvalue weighted by Crippen LogP contribution is 2.26. The lowest BCUT2D eigenvalue weighted by atomic mass is 10.3. The van der Waals surface area contributed by atoms with Crippen LogP contribution in [0.1, 0.15) is 25.6 Å². The van der Waals surface area contributed by atoms with E-state index in [4.69, 9.17) is 27.9 Å². The third-order valence-electron chi connectivity index (χ3n) is 3.33. The largest absolute Gasteiger partial charge is 0.468 e. The summed E-state index contributed by atoms with van der Waals surface area (Å²) in [5.41, 5.74) is 0.702. The Labute approximate surface area is 145 Å². The van der Waals surface area contributed by atoms with E-state index in [9.17, 15) is 8.42 Å². The highest BCUT2D eigenvalue weighted by Gasteiger charge is 2.22. The van der Waals surface area contributed by atoms with Gasteiger partial charge in [-0.3, -0.25) is 4.57 Å². The molecule has 0 aliphatic heterocycles. The molecule has 1 heterocycles. The molecule has 1 unspecified atom stereocenters. The van der Waals surface area contributed by atoms with Crippen molar-refractivity contribution in [2.45, 2.75) is 31.3 Å². The number of sulfonamides is 1. The number of imidazole rings is 1. The van der Waals surface area contributed by atoms with Crippen LogP contribution in [0.25, 0.3) is 0 Å². The molecule has 0 amide bonds. The molecule has 126 valence electrons. The zero-order chi connectivity index (χ0) is 17.2. The summed E-state index contributed by atoms with van der Waals surface area (Å²) < 4.78 is 34.5. The molecular weight excluding hydrogens is 361 g/mol. The lowest BCUT2D eigenvalue weighted by molar-refractivity contribution is 0.355. The highest BCUT2D eigenvalue weighted by atomic mass is 35.5. The smallest absolute Gasteiger partial charge is 0.296 e. The summed E-state index contributed by atoms with van der Waals surface area (Å²) in [6.45, 7) is 4.27. The van der Waals surface area contributed by atoms with Crippen molar-refractivity contribution >= 4 is 33.2 Å². The van der Waals surface area contributed by atoms with Gasteiger partial charge in [0.1, 0.15) is 0 Å². The topological polar surface area (TPSA) is 73.2 Å². The average molecular weight is 378 g/mol. The van der Waals surface area contributed by atoms with Crippen molar-refractivity contribution in [2.75, 3.05) is 7.11 Å². The van der Waals surface area contributed by atoms with Gasteiger partial charge in [0.15, 0.2) is 0 Å². The van der Waals surface area contributed by atoms with E-state index < -0.39 is 16.1 Å². The fourth-order valence-corrected chi connectivity index (χ4v) is 3.81. The number of hydrogen-bond donors (Lipinski definition) is 1. The van der Waals surface area contributed by atoms with Gasteiger partial charge in [-0.1, -0.05) is 23.2 Å². The summed E-state index contributed by atoms with van der Waals surface area (Å²) >= 11 is 11.7. The number of halogens is 2. The minimum Gasteiger partial charge on any atom is -0.468 e. The van der Waals surface area contributed by atoms with E-state index >= 15 is 0 Å². The maximum Gasteiger partial charge on any atom is 0.296 e. The van der Waals surface area contributed by atoms with Crippen LogP contribution in [0.3, 0.4) is 0 Å². The molecule has 0 saturated carbocycles. The van der Waals surface area contributed by atoms with Crippen molar-refractivity contribution in [3.8, 4) is 6.01 Å². The minimum atomic E-state index is -3.74. The van der Waals surface area contributed by atoms with Gasteiger partial charge in [0.2, 0.25) is 10.0 Å². The van der Waals surface area contributed by atoms with Crippen molar-refractivity contribution in [2.24, 2.45) is 0 Å². The summed E-state index contributed by atoms with van der Waals surface area (Å²) in [5, 5.41) is 0.481. The van der Waals surface area contributed by atoms with E-state index in [0.29, 0.717) is 23.3 Å². The van der Waals surface area contributed by atoms with E-state index in [-0.39, 0.29) is 9.92 Å². The highest BCUT2D eigenvalue weighted by molar-refractivity contribution is 7.89. The van der Waals surface area contributed by atoms with Crippen molar-refractivity contribution in [3.05, 3.63) is 40.1 Å². The quantitative estimate of drug-likeness (QED) is 0.838. The van der Waals surface area contributed by atoms with Crippen LogP contribution in [0.5, 0.6) is 6.01 Å². The summed E-state index contributed by atoms with van der Waals surface area (Å²) in [4.78, 5) is 4.17. The van der Waals surface area contributed by atoms with Gasteiger partial charge < -0.3 is 4.74 Å². The number of nitrogens with one attached hydrogen (secondary N) is 1. The minimum absolute atomic E-state index is 0.0493. The van der Waals surface area contributed by atoms with E-state index in [0.717, 1.165) is 0 Å². The molecule has 2 aromatic rings. The zero-order valence-corrected chi connectivity index (χ0v) is 15.2. The lowest BCUT2D eigenvalue weighted by Gasteiger charge is -2.16. The first-order valence-electron chi connectivity index (χ1n) is 6.87. The van der Waals surface area contributed by atoms with E-state index in [1.165, 1.54) is 25.3 Å². The van der Waals surface area contributed by atoms with E-state index in [1.54, 1.807) is 17.7 Å². The van der Waals surface area contributed by atoms with E-state index in [1.807, 2.05) is 6.92 Å². The number of hydrogen-bond acceptors (Lipinski definition) is 4. The van der Waals surface area contributed by atoms with Crippen LogP contribution in [0.2, 0.25) is 10.0 Å². The molecule has 0 spiro atoms. The molecule has 1 atom stereocenters. The van der Waals surface area contributed by atoms with Gasteiger partial charge in [-0.2, -0.15) is 0 Å². The third kappa shape index (κ3) is 3.80. The van der Waals surface area contributed by atoms with Crippen molar-refractivity contribution in [1.29, 1.82) is 0 Å². The Hall–Kier alpha value is -1.28. The van der Waals surface area contributed by atoms with Gasteiger partial charge in [0.05, 0.1) is 40.0 Å². The second-order valence-electron chi connectivity index (χ2n) is 4.83. The molecule has 0 saturated heterocycles. The SMILES string of the molecule is CCn1c(C(C)NS(=O)(=O)c2ccc(Cl)c(Cl)c2)cnc1OC. The molecule has 0 radical (unpaired) electrons. The molecule has 1 aromatic heterocycles. The van der Waals surface area contributed by atoms with Gasteiger partial charge in [0.25, 0.3) is 6.01 Å². The first-order chi connectivity index (χ1) is 10.8. The Bertz CT molecular complexity index is 806. The van der Waals surface area contributed by atoms with Gasteiger partial charge >= 0.3 is 0 Å². The molecular formula is C14H17Cl2N3O3S. The Kier molecular flexibility index (Phi) is 5.57. The van der Waals surface area contributed by atoms with Crippen molar-refractivity contribution in [3.63, 3.8) is 0 Å². The molecule has 0 bridgehead atoms. The zero-order valence-electron chi connectivity index (χ0n) is 12.9. The lowest BCUT2D eigenvalue weighted by Crippen LogP contribution is -2.28. The number of nitrogens with zero attached hydrogens (tertiary/aromatic N) is 2. The van der Waals surface area contributed by atoms with Gasteiger partial charge in [-0.05, 0) is 32.0 Å². The average Bonchev–Trinajstić information content (AvgIpc) is 2.92. The predicted octanol–water partition coefficient (Wildman–Crippen LogP) is 3.26. The number of aromatic nitrogens is 2. The first kappa shape index (κ1) is 18.1. The van der Waals surface area contributed by atoms with E-state index in [2.05, 4.69) is 9.71 Å². The normalized spacial score (nSPS) is 13.1. The Balaban J connectivity index is 2.29. The van der Waals surface area contributed by atoms with Gasteiger partial charge in [-0.25, -0.2) is 18.1 Å². The van der Waals surface area contributed by atoms with Crippen LogP contribution in [-0.4, -0.2) is 25.1 Å². The monoisotopic (exact) mass is 377 g/mol.